The summed E-state index contributed by atoms with van der Waals surface area (Å²) in [5.41, 5.74) is 0. The molecule has 6 nitrogen and oxygen atoms in total. The third kappa shape index (κ3) is 56.1. The van der Waals surface area contributed by atoms with Gasteiger partial charge >= 0.3 is 17.9 Å². The molecule has 0 aromatic rings. The molecule has 0 saturated heterocycles. The molecule has 0 aromatic carbocycles. The molecule has 0 spiro atoms. The van der Waals surface area contributed by atoms with Crippen LogP contribution in [0.4, 0.5) is 0 Å². The van der Waals surface area contributed by atoms with Gasteiger partial charge in [0.15, 0.2) is 6.10 Å². The molecule has 6 heteroatoms. The average Bonchev–Trinajstić information content (AvgIpc) is 3.38. The van der Waals surface area contributed by atoms with Crippen molar-refractivity contribution in [1.82, 2.24) is 0 Å². The van der Waals surface area contributed by atoms with Gasteiger partial charge < -0.3 is 14.2 Å². The van der Waals surface area contributed by atoms with Gasteiger partial charge in [-0.2, -0.15) is 0 Å². The van der Waals surface area contributed by atoms with E-state index in [1.54, 1.807) is 0 Å². The van der Waals surface area contributed by atoms with Gasteiger partial charge in [0.1, 0.15) is 13.2 Å². The van der Waals surface area contributed by atoms with E-state index in [1.165, 1.54) is 263 Å². The van der Waals surface area contributed by atoms with Crippen LogP contribution in [0.5, 0.6) is 0 Å². The van der Waals surface area contributed by atoms with Crippen LogP contribution in [0.2, 0.25) is 0 Å². The first-order chi connectivity index (χ1) is 35.3. The zero-order valence-electron chi connectivity index (χ0n) is 49.6. The highest BCUT2D eigenvalue weighted by Crippen LogP contribution is 2.20. The molecule has 3 atom stereocenters. The minimum absolute atomic E-state index is 0.0619. The number of hydrogen-bond donors (Lipinski definition) is 0. The lowest BCUT2D eigenvalue weighted by molar-refractivity contribution is -0.167. The third-order valence-corrected chi connectivity index (χ3v) is 15.9. The summed E-state index contributed by atoms with van der Waals surface area (Å²) >= 11 is 0. The van der Waals surface area contributed by atoms with Gasteiger partial charge in [0.05, 0.1) is 0 Å². The highest BCUT2D eigenvalue weighted by Gasteiger charge is 2.19. The Balaban J connectivity index is 4.26. The lowest BCUT2D eigenvalue weighted by Gasteiger charge is -2.18. The van der Waals surface area contributed by atoms with Crippen LogP contribution in [0, 0.1) is 11.8 Å². The second-order valence-corrected chi connectivity index (χ2v) is 23.2. The lowest BCUT2D eigenvalue weighted by Crippen LogP contribution is -2.30. The number of carbonyl (C=O) groups is 3. The second kappa shape index (κ2) is 58.7. The maximum absolute atomic E-state index is 12.9. The normalized spacial score (nSPS) is 12.8. The Kier molecular flexibility index (Phi) is 57.4. The summed E-state index contributed by atoms with van der Waals surface area (Å²) in [7, 11) is 0. The topological polar surface area (TPSA) is 78.9 Å². The number of unbranched alkanes of at least 4 members (excludes halogenated alkanes) is 43. The number of rotatable bonds is 60. The van der Waals surface area contributed by atoms with Crippen LogP contribution in [-0.2, 0) is 28.6 Å². The summed E-state index contributed by atoms with van der Waals surface area (Å²) in [5.74, 6) is 0.949. The molecule has 428 valence electrons. The molecule has 2 unspecified atom stereocenters. The highest BCUT2D eigenvalue weighted by molar-refractivity contribution is 5.71. The largest absolute Gasteiger partial charge is 0.462 e. The van der Waals surface area contributed by atoms with E-state index in [4.69, 9.17) is 14.2 Å². The van der Waals surface area contributed by atoms with Crippen molar-refractivity contribution >= 4 is 17.9 Å². The van der Waals surface area contributed by atoms with Crippen LogP contribution < -0.4 is 0 Å². The average molecular weight is 1020 g/mol. The molecule has 72 heavy (non-hydrogen) atoms. The first-order valence-corrected chi connectivity index (χ1v) is 32.8. The summed E-state index contributed by atoms with van der Waals surface area (Å²) in [6, 6.07) is 0. The maximum Gasteiger partial charge on any atom is 0.306 e. The number of hydrogen-bond acceptors (Lipinski definition) is 6. The van der Waals surface area contributed by atoms with E-state index in [0.717, 1.165) is 69.6 Å². The molecule has 0 fully saturated rings. The summed E-state index contributed by atoms with van der Waals surface area (Å²) in [4.78, 5) is 38.3. The molecule has 0 bridgehead atoms. The molecule has 0 saturated carbocycles. The third-order valence-electron chi connectivity index (χ3n) is 15.9. The Labute approximate surface area is 450 Å². The fourth-order valence-corrected chi connectivity index (χ4v) is 10.2. The number of esters is 3. The quantitative estimate of drug-likeness (QED) is 0.0343. The van der Waals surface area contributed by atoms with Gasteiger partial charge in [0.25, 0.3) is 0 Å². The predicted octanol–water partition coefficient (Wildman–Crippen LogP) is 22.0. The van der Waals surface area contributed by atoms with Crippen LogP contribution in [-0.4, -0.2) is 37.2 Å². The van der Waals surface area contributed by atoms with Crippen LogP contribution in [0.25, 0.3) is 0 Å². The van der Waals surface area contributed by atoms with E-state index in [1.807, 2.05) is 0 Å². The Morgan fingerprint density at radius 2 is 0.486 bits per heavy atom. The SMILES string of the molecule is CCCCCCCCCCCCCCCCCCCCC(=O)O[C@H](COC(=O)CCCCCCCCCCCCCCCCCCCCC(C)CC)COC(=O)CCCCCCCCCCCCC(C)CC. The molecule has 0 heterocycles. The van der Waals surface area contributed by atoms with E-state index >= 15 is 0 Å². The second-order valence-electron chi connectivity index (χ2n) is 23.2. The molecular weight excluding hydrogens is 889 g/mol. The van der Waals surface area contributed by atoms with E-state index in [0.29, 0.717) is 19.3 Å². The van der Waals surface area contributed by atoms with Crippen molar-refractivity contribution in [2.75, 3.05) is 13.2 Å². The first kappa shape index (κ1) is 70.4. The molecule has 0 aliphatic rings. The van der Waals surface area contributed by atoms with Crippen molar-refractivity contribution in [2.24, 2.45) is 11.8 Å². The monoisotopic (exact) mass is 1020 g/mol. The van der Waals surface area contributed by atoms with E-state index < -0.39 is 6.10 Å². The molecule has 0 amide bonds. The number of carbonyl (C=O) groups excluding carboxylic acids is 3. The first-order valence-electron chi connectivity index (χ1n) is 32.8. The smallest absolute Gasteiger partial charge is 0.306 e. The minimum atomic E-state index is -0.764. The predicted molar refractivity (Wildman–Crippen MR) is 312 cm³/mol. The van der Waals surface area contributed by atoms with Gasteiger partial charge in [-0.25, -0.2) is 0 Å². The fraction of sp³-hybridized carbons (Fsp3) is 0.955. The summed E-state index contributed by atoms with van der Waals surface area (Å²) < 4.78 is 17.0. The van der Waals surface area contributed by atoms with Gasteiger partial charge in [0.2, 0.25) is 0 Å². The molecule has 0 N–H and O–H groups in total. The van der Waals surface area contributed by atoms with Crippen LogP contribution in [0.1, 0.15) is 375 Å². The molecule has 0 aliphatic carbocycles. The molecule has 0 aliphatic heterocycles. The fourth-order valence-electron chi connectivity index (χ4n) is 10.2. The summed E-state index contributed by atoms with van der Waals surface area (Å²) in [5, 5.41) is 0. The van der Waals surface area contributed by atoms with Crippen LogP contribution in [0.15, 0.2) is 0 Å². The van der Waals surface area contributed by atoms with Gasteiger partial charge in [-0.3, -0.25) is 14.4 Å². The van der Waals surface area contributed by atoms with Crippen molar-refractivity contribution in [2.45, 2.75) is 381 Å². The Morgan fingerprint density at radius 1 is 0.278 bits per heavy atom. The van der Waals surface area contributed by atoms with Crippen molar-refractivity contribution in [1.29, 1.82) is 0 Å². The number of ether oxygens (including phenoxy) is 3. The standard InChI is InChI=1S/C66H128O6/c1-6-9-10-11-12-13-14-15-16-17-21-25-28-31-38-43-48-53-58-66(69)72-63(60-71-65(68)57-52-47-42-37-33-32-35-40-45-50-55-62(5)8-3)59-70-64(67)56-51-46-41-36-30-27-24-22-19-18-20-23-26-29-34-39-44-49-54-61(4)7-2/h61-63H,6-60H2,1-5H3/t61?,62?,63-/m1/s1. The summed E-state index contributed by atoms with van der Waals surface area (Å²) in [6.45, 7) is 11.5. The van der Waals surface area contributed by atoms with Gasteiger partial charge in [0, 0.05) is 19.3 Å². The highest BCUT2D eigenvalue weighted by atomic mass is 16.6. The van der Waals surface area contributed by atoms with Gasteiger partial charge in [-0.05, 0) is 31.1 Å². The minimum Gasteiger partial charge on any atom is -0.462 e. The molecule has 0 radical (unpaired) electrons. The zero-order valence-corrected chi connectivity index (χ0v) is 49.6. The van der Waals surface area contributed by atoms with Crippen molar-refractivity contribution in [3.05, 3.63) is 0 Å². The van der Waals surface area contributed by atoms with E-state index in [-0.39, 0.29) is 31.1 Å². The van der Waals surface area contributed by atoms with E-state index in [2.05, 4.69) is 34.6 Å². The van der Waals surface area contributed by atoms with Crippen molar-refractivity contribution < 1.29 is 28.6 Å². The van der Waals surface area contributed by atoms with Crippen molar-refractivity contribution in [3.8, 4) is 0 Å². The lowest BCUT2D eigenvalue weighted by atomic mass is 9.99. The van der Waals surface area contributed by atoms with Crippen LogP contribution in [0.3, 0.4) is 0 Å². The van der Waals surface area contributed by atoms with Gasteiger partial charge in [-0.15, -0.1) is 0 Å². The zero-order chi connectivity index (χ0) is 52.5. The Morgan fingerprint density at radius 3 is 0.722 bits per heavy atom. The Bertz CT molecular complexity index is 1110. The van der Waals surface area contributed by atoms with Crippen LogP contribution >= 0.6 is 0 Å². The Hall–Kier alpha value is -1.59. The molecule has 0 rings (SSSR count). The molecular formula is C66H128O6. The van der Waals surface area contributed by atoms with Crippen molar-refractivity contribution in [3.63, 3.8) is 0 Å². The molecule has 0 aromatic heterocycles. The van der Waals surface area contributed by atoms with E-state index in [9.17, 15) is 14.4 Å². The van der Waals surface area contributed by atoms with Gasteiger partial charge in [-0.1, -0.05) is 336 Å². The maximum atomic E-state index is 12.9. The summed E-state index contributed by atoms with van der Waals surface area (Å²) in [6.07, 6.45) is 65.2.